The third-order valence-corrected chi connectivity index (χ3v) is 2.67. The van der Waals surface area contributed by atoms with Gasteiger partial charge in [0, 0.05) is 6.07 Å². The van der Waals surface area contributed by atoms with Gasteiger partial charge in [0.1, 0.15) is 23.5 Å². The molecule has 2 aromatic rings. The Morgan fingerprint density at radius 1 is 1.00 bits per heavy atom. The molecular formula is C15H17F2NO. The SMILES string of the molecule is CCC(Oc1cccc(F)c1)c1cccc(F)c1.N. The van der Waals surface area contributed by atoms with Gasteiger partial charge < -0.3 is 10.9 Å². The van der Waals surface area contributed by atoms with Gasteiger partial charge in [-0.25, -0.2) is 8.78 Å². The molecule has 0 saturated heterocycles. The molecule has 2 aromatic carbocycles. The molecule has 1 atom stereocenters. The van der Waals surface area contributed by atoms with Crippen LogP contribution < -0.4 is 10.9 Å². The maximum atomic E-state index is 13.2. The standard InChI is InChI=1S/C15H14F2O.H3N/c1-2-15(11-5-3-6-12(16)9-11)18-14-8-4-7-13(17)10-14;/h3-10,15H,2H2,1H3;1H3. The van der Waals surface area contributed by atoms with E-state index in [1.165, 1.54) is 24.3 Å². The Labute approximate surface area is 111 Å². The normalized spacial score (nSPS) is 11.5. The lowest BCUT2D eigenvalue weighted by molar-refractivity contribution is 0.200. The first-order chi connectivity index (χ1) is 8.69. The predicted octanol–water partition coefficient (Wildman–Crippen LogP) is 4.66. The van der Waals surface area contributed by atoms with E-state index < -0.39 is 0 Å². The molecule has 0 bridgehead atoms. The van der Waals surface area contributed by atoms with E-state index in [2.05, 4.69) is 0 Å². The lowest BCUT2D eigenvalue weighted by Crippen LogP contribution is -2.06. The maximum Gasteiger partial charge on any atom is 0.126 e. The summed E-state index contributed by atoms with van der Waals surface area (Å²) in [7, 11) is 0. The van der Waals surface area contributed by atoms with Gasteiger partial charge in [0.05, 0.1) is 0 Å². The maximum absolute atomic E-state index is 13.2. The second kappa shape index (κ2) is 6.85. The van der Waals surface area contributed by atoms with Crippen molar-refractivity contribution in [3.05, 3.63) is 65.7 Å². The van der Waals surface area contributed by atoms with Gasteiger partial charge in [-0.05, 0) is 36.2 Å². The summed E-state index contributed by atoms with van der Waals surface area (Å²) in [6, 6.07) is 12.2. The minimum Gasteiger partial charge on any atom is -0.486 e. The van der Waals surface area contributed by atoms with Gasteiger partial charge in [-0.1, -0.05) is 25.1 Å². The highest BCUT2D eigenvalue weighted by molar-refractivity contribution is 5.25. The minimum atomic E-state index is -0.346. The van der Waals surface area contributed by atoms with Crippen molar-refractivity contribution in [3.63, 3.8) is 0 Å². The van der Waals surface area contributed by atoms with Crippen LogP contribution in [0, 0.1) is 11.6 Å². The van der Waals surface area contributed by atoms with Crippen LogP contribution in [-0.2, 0) is 0 Å². The summed E-state index contributed by atoms with van der Waals surface area (Å²) in [5.41, 5.74) is 0.752. The van der Waals surface area contributed by atoms with Crippen molar-refractivity contribution in [2.75, 3.05) is 0 Å². The second-order valence-corrected chi connectivity index (χ2v) is 4.03. The molecule has 2 rings (SSSR count). The molecule has 0 aliphatic carbocycles. The van der Waals surface area contributed by atoms with Gasteiger partial charge in [-0.2, -0.15) is 0 Å². The van der Waals surface area contributed by atoms with Crippen LogP contribution >= 0.6 is 0 Å². The number of benzene rings is 2. The summed E-state index contributed by atoms with van der Waals surface area (Å²) in [6.07, 6.45) is 0.405. The molecule has 2 nitrogen and oxygen atoms in total. The predicted molar refractivity (Wildman–Crippen MR) is 71.5 cm³/mol. The average Bonchev–Trinajstić information content (AvgIpc) is 2.36. The van der Waals surface area contributed by atoms with Crippen molar-refractivity contribution in [1.82, 2.24) is 6.15 Å². The number of halogens is 2. The summed E-state index contributed by atoms with van der Waals surface area (Å²) >= 11 is 0. The molecule has 0 heterocycles. The molecule has 0 saturated carbocycles. The highest BCUT2D eigenvalue weighted by Gasteiger charge is 2.12. The molecule has 0 radical (unpaired) electrons. The fourth-order valence-corrected chi connectivity index (χ4v) is 1.80. The number of rotatable bonds is 4. The summed E-state index contributed by atoms with van der Waals surface area (Å²) in [6.45, 7) is 1.94. The summed E-state index contributed by atoms with van der Waals surface area (Å²) in [5, 5.41) is 0. The molecule has 0 spiro atoms. The quantitative estimate of drug-likeness (QED) is 0.873. The minimum absolute atomic E-state index is 0. The highest BCUT2D eigenvalue weighted by Crippen LogP contribution is 2.25. The molecule has 4 heteroatoms. The van der Waals surface area contributed by atoms with E-state index in [1.54, 1.807) is 24.3 Å². The van der Waals surface area contributed by atoms with Gasteiger partial charge in [0.25, 0.3) is 0 Å². The van der Waals surface area contributed by atoms with Gasteiger partial charge in [-0.15, -0.1) is 0 Å². The molecule has 0 aliphatic heterocycles. The van der Waals surface area contributed by atoms with Crippen LogP contribution in [-0.4, -0.2) is 0 Å². The fourth-order valence-electron chi connectivity index (χ4n) is 1.80. The zero-order chi connectivity index (χ0) is 13.0. The molecule has 3 N–H and O–H groups in total. The van der Waals surface area contributed by atoms with E-state index in [0.717, 1.165) is 5.56 Å². The Balaban J connectivity index is 0.00000180. The van der Waals surface area contributed by atoms with Crippen LogP contribution in [0.3, 0.4) is 0 Å². The Morgan fingerprint density at radius 3 is 2.21 bits per heavy atom. The van der Waals surface area contributed by atoms with E-state index in [9.17, 15) is 8.78 Å². The lowest BCUT2D eigenvalue weighted by atomic mass is 10.1. The fraction of sp³-hybridized carbons (Fsp3) is 0.200. The van der Waals surface area contributed by atoms with Crippen molar-refractivity contribution < 1.29 is 13.5 Å². The van der Waals surface area contributed by atoms with Gasteiger partial charge in [-0.3, -0.25) is 0 Å². The zero-order valence-electron chi connectivity index (χ0n) is 10.8. The summed E-state index contributed by atoms with van der Waals surface area (Å²) in [5.74, 6) is -0.193. The van der Waals surface area contributed by atoms with Crippen LogP contribution in [0.5, 0.6) is 5.75 Å². The van der Waals surface area contributed by atoms with Gasteiger partial charge in [0.2, 0.25) is 0 Å². The van der Waals surface area contributed by atoms with E-state index in [1.807, 2.05) is 6.92 Å². The van der Waals surface area contributed by atoms with Crippen molar-refractivity contribution in [1.29, 1.82) is 0 Å². The Kier molecular flexibility index (Phi) is 5.45. The molecule has 0 fully saturated rings. The smallest absolute Gasteiger partial charge is 0.126 e. The van der Waals surface area contributed by atoms with Crippen molar-refractivity contribution in [3.8, 4) is 5.75 Å². The van der Waals surface area contributed by atoms with Crippen LogP contribution in [0.2, 0.25) is 0 Å². The van der Waals surface area contributed by atoms with Gasteiger partial charge >= 0.3 is 0 Å². The molecule has 0 aliphatic rings. The van der Waals surface area contributed by atoms with Crippen LogP contribution in [0.15, 0.2) is 48.5 Å². The van der Waals surface area contributed by atoms with Crippen molar-refractivity contribution in [2.24, 2.45) is 0 Å². The van der Waals surface area contributed by atoms with E-state index in [-0.39, 0.29) is 23.9 Å². The van der Waals surface area contributed by atoms with Crippen LogP contribution in [0.1, 0.15) is 25.0 Å². The summed E-state index contributed by atoms with van der Waals surface area (Å²) in [4.78, 5) is 0. The first kappa shape index (κ1) is 15.1. The third-order valence-electron chi connectivity index (χ3n) is 2.67. The average molecular weight is 265 g/mol. The molecule has 1 unspecified atom stereocenters. The van der Waals surface area contributed by atoms with E-state index >= 15 is 0 Å². The number of hydrogen-bond acceptors (Lipinski definition) is 2. The molecule has 0 aromatic heterocycles. The van der Waals surface area contributed by atoms with E-state index in [4.69, 9.17) is 4.74 Å². The Morgan fingerprint density at radius 2 is 1.63 bits per heavy atom. The van der Waals surface area contributed by atoms with Crippen molar-refractivity contribution >= 4 is 0 Å². The van der Waals surface area contributed by atoms with Crippen LogP contribution in [0.4, 0.5) is 8.78 Å². The molecule has 19 heavy (non-hydrogen) atoms. The molecule has 0 amide bonds. The first-order valence-corrected chi connectivity index (χ1v) is 5.86. The third kappa shape index (κ3) is 4.03. The highest BCUT2D eigenvalue weighted by atomic mass is 19.1. The topological polar surface area (TPSA) is 44.2 Å². The number of hydrogen-bond donors (Lipinski definition) is 1. The second-order valence-electron chi connectivity index (χ2n) is 4.03. The Hall–Kier alpha value is -1.94. The zero-order valence-corrected chi connectivity index (χ0v) is 10.8. The molecular weight excluding hydrogens is 248 g/mol. The monoisotopic (exact) mass is 265 g/mol. The van der Waals surface area contributed by atoms with Crippen molar-refractivity contribution in [2.45, 2.75) is 19.4 Å². The van der Waals surface area contributed by atoms with Gasteiger partial charge in [0.15, 0.2) is 0 Å². The number of ether oxygens (including phenoxy) is 1. The van der Waals surface area contributed by atoms with E-state index in [0.29, 0.717) is 12.2 Å². The van der Waals surface area contributed by atoms with Crippen LogP contribution in [0.25, 0.3) is 0 Å². The lowest BCUT2D eigenvalue weighted by Gasteiger charge is -2.18. The largest absolute Gasteiger partial charge is 0.486 e. The summed E-state index contributed by atoms with van der Waals surface area (Å²) < 4.78 is 31.9. The Bertz CT molecular complexity index is 531. The molecule has 102 valence electrons. The first-order valence-electron chi connectivity index (χ1n) is 5.86.